The van der Waals surface area contributed by atoms with Crippen molar-refractivity contribution in [1.29, 1.82) is 0 Å². The summed E-state index contributed by atoms with van der Waals surface area (Å²) >= 11 is 0. The number of aliphatic hydroxyl groups is 2. The van der Waals surface area contributed by atoms with Crippen LogP contribution in [0.2, 0.25) is 0 Å². The third-order valence-corrected chi connectivity index (χ3v) is 4.24. The van der Waals surface area contributed by atoms with Gasteiger partial charge in [-0.1, -0.05) is 0 Å². The number of nitrogens with two attached hydrogens (primary N) is 1. The number of aromatic nitrogens is 4. The van der Waals surface area contributed by atoms with Gasteiger partial charge in [0.25, 0.3) is 5.56 Å². The highest BCUT2D eigenvalue weighted by Gasteiger charge is 2.44. The van der Waals surface area contributed by atoms with Gasteiger partial charge in [0.2, 0.25) is 5.95 Å². The molecule has 7 N–H and O–H groups in total. The van der Waals surface area contributed by atoms with Crippen molar-refractivity contribution in [2.24, 2.45) is 0 Å². The van der Waals surface area contributed by atoms with Gasteiger partial charge < -0.3 is 30.5 Å². The summed E-state index contributed by atoms with van der Waals surface area (Å²) in [4.78, 5) is 39.2. The van der Waals surface area contributed by atoms with E-state index in [1.807, 2.05) is 0 Å². The summed E-state index contributed by atoms with van der Waals surface area (Å²) in [7, 11) is -4.64. The molecule has 2 aromatic rings. The number of anilines is 1. The molecular weight excluding hydrogens is 361 g/mol. The van der Waals surface area contributed by atoms with E-state index in [-0.39, 0.29) is 30.1 Å². The highest BCUT2D eigenvalue weighted by Crippen LogP contribution is 2.37. The fraction of sp³-hybridized carbons (Fsp3) is 0.545. The van der Waals surface area contributed by atoms with Crippen molar-refractivity contribution in [2.75, 3.05) is 12.3 Å². The van der Waals surface area contributed by atoms with E-state index < -0.39 is 37.9 Å². The topological polar surface area (TPSA) is 206 Å². The minimum atomic E-state index is -4.64. The molecule has 4 atom stereocenters. The van der Waals surface area contributed by atoms with Gasteiger partial charge in [-0.3, -0.25) is 18.9 Å². The van der Waals surface area contributed by atoms with Crippen molar-refractivity contribution in [2.45, 2.75) is 31.0 Å². The van der Waals surface area contributed by atoms with Crippen LogP contribution in [0.25, 0.3) is 11.2 Å². The first kappa shape index (κ1) is 17.9. The molecule has 0 saturated carbocycles. The molecule has 3 heterocycles. The van der Waals surface area contributed by atoms with E-state index in [4.69, 9.17) is 20.3 Å². The SMILES string of the molecule is Nc1nc2c(ncn2C2OC(CCOP(=O)(O)O)C(O)C2O)c(=O)[nH]1. The Balaban J connectivity index is 1.82. The van der Waals surface area contributed by atoms with Crippen LogP contribution in [0.5, 0.6) is 0 Å². The van der Waals surface area contributed by atoms with Crippen molar-refractivity contribution in [3.05, 3.63) is 16.7 Å². The van der Waals surface area contributed by atoms with Crippen LogP contribution in [0.4, 0.5) is 5.95 Å². The molecule has 1 aliphatic rings. The first-order chi connectivity index (χ1) is 11.7. The van der Waals surface area contributed by atoms with E-state index in [2.05, 4.69) is 19.5 Å². The van der Waals surface area contributed by atoms with Crippen LogP contribution < -0.4 is 11.3 Å². The first-order valence-corrected chi connectivity index (χ1v) is 8.64. The molecule has 138 valence electrons. The zero-order valence-electron chi connectivity index (χ0n) is 12.6. The summed E-state index contributed by atoms with van der Waals surface area (Å²) in [6.07, 6.45) is -3.68. The van der Waals surface area contributed by atoms with Crippen LogP contribution in [0.15, 0.2) is 11.1 Å². The Kier molecular flexibility index (Phi) is 4.64. The lowest BCUT2D eigenvalue weighted by molar-refractivity contribution is -0.0404. The molecule has 0 bridgehead atoms. The summed E-state index contributed by atoms with van der Waals surface area (Å²) in [6.45, 7) is -0.388. The second kappa shape index (κ2) is 6.46. The minimum absolute atomic E-state index is 0.0206. The third kappa shape index (κ3) is 3.57. The number of fused-ring (bicyclic) bond motifs is 1. The van der Waals surface area contributed by atoms with Gasteiger partial charge in [0.1, 0.15) is 12.2 Å². The van der Waals surface area contributed by atoms with E-state index in [1.165, 1.54) is 10.9 Å². The Morgan fingerprint density at radius 2 is 2.12 bits per heavy atom. The Bertz CT molecular complexity index is 877. The summed E-state index contributed by atoms with van der Waals surface area (Å²) in [6, 6.07) is 0. The second-order valence-electron chi connectivity index (χ2n) is 5.43. The maximum absolute atomic E-state index is 11.8. The number of H-pyrrole nitrogens is 1. The monoisotopic (exact) mass is 377 g/mol. The Labute approximate surface area is 139 Å². The molecule has 2 aromatic heterocycles. The molecule has 0 spiro atoms. The van der Waals surface area contributed by atoms with Crippen LogP contribution in [0.3, 0.4) is 0 Å². The number of hydrogen-bond acceptors (Lipinski definition) is 9. The van der Waals surface area contributed by atoms with Crippen LogP contribution in [-0.2, 0) is 13.8 Å². The molecule has 0 amide bonds. The summed E-state index contributed by atoms with van der Waals surface area (Å²) in [5, 5.41) is 20.3. The van der Waals surface area contributed by atoms with Crippen molar-refractivity contribution >= 4 is 24.9 Å². The second-order valence-corrected chi connectivity index (χ2v) is 6.67. The van der Waals surface area contributed by atoms with Crippen LogP contribution in [0, 0.1) is 0 Å². The number of imidazole rings is 1. The molecule has 1 aliphatic heterocycles. The smallest absolute Gasteiger partial charge is 0.388 e. The van der Waals surface area contributed by atoms with Gasteiger partial charge in [0.15, 0.2) is 17.4 Å². The number of nitrogens with zero attached hydrogens (tertiary/aromatic N) is 3. The summed E-state index contributed by atoms with van der Waals surface area (Å²) in [5.41, 5.74) is 4.97. The van der Waals surface area contributed by atoms with Gasteiger partial charge in [0, 0.05) is 6.42 Å². The predicted molar refractivity (Wildman–Crippen MR) is 81.1 cm³/mol. The molecule has 1 fully saturated rings. The lowest BCUT2D eigenvalue weighted by atomic mass is 10.1. The number of nitrogen functional groups attached to an aromatic ring is 1. The standard InChI is InChI=1S/C11H16N5O8P/c12-11-14-8-5(9(19)15-11)13-3-16(8)10-7(18)6(17)4(24-10)1-2-23-25(20,21)22/h3-4,6-7,10,17-18H,1-2H2,(H2,20,21,22)(H3,12,14,15,19). The Morgan fingerprint density at radius 3 is 2.80 bits per heavy atom. The van der Waals surface area contributed by atoms with Gasteiger partial charge in [0.05, 0.1) is 19.0 Å². The number of rotatable bonds is 5. The third-order valence-electron chi connectivity index (χ3n) is 3.72. The summed E-state index contributed by atoms with van der Waals surface area (Å²) in [5.74, 6) is -0.154. The maximum atomic E-state index is 11.8. The highest BCUT2D eigenvalue weighted by molar-refractivity contribution is 7.46. The number of phosphoric acid groups is 1. The van der Waals surface area contributed by atoms with Gasteiger partial charge in [-0.15, -0.1) is 0 Å². The maximum Gasteiger partial charge on any atom is 0.469 e. The summed E-state index contributed by atoms with van der Waals surface area (Å²) < 4.78 is 21.7. The fourth-order valence-corrected chi connectivity index (χ4v) is 2.96. The first-order valence-electron chi connectivity index (χ1n) is 7.11. The van der Waals surface area contributed by atoms with Crippen molar-refractivity contribution in [1.82, 2.24) is 19.5 Å². The van der Waals surface area contributed by atoms with E-state index in [0.29, 0.717) is 0 Å². The molecule has 0 aromatic carbocycles. The highest BCUT2D eigenvalue weighted by atomic mass is 31.2. The Morgan fingerprint density at radius 1 is 1.40 bits per heavy atom. The van der Waals surface area contributed by atoms with Gasteiger partial charge in [-0.25, -0.2) is 9.55 Å². The van der Waals surface area contributed by atoms with Gasteiger partial charge in [-0.05, 0) is 0 Å². The fourth-order valence-electron chi connectivity index (χ4n) is 2.61. The molecule has 14 heteroatoms. The molecule has 13 nitrogen and oxygen atoms in total. The number of aromatic amines is 1. The molecule has 3 rings (SSSR count). The minimum Gasteiger partial charge on any atom is -0.388 e. The average molecular weight is 377 g/mol. The molecule has 25 heavy (non-hydrogen) atoms. The predicted octanol–water partition coefficient (Wildman–Crippen LogP) is -2.18. The van der Waals surface area contributed by atoms with Crippen LogP contribution in [0.1, 0.15) is 12.6 Å². The number of ether oxygens (including phenoxy) is 1. The van der Waals surface area contributed by atoms with Crippen molar-refractivity contribution in [3.63, 3.8) is 0 Å². The lowest BCUT2D eigenvalue weighted by Crippen LogP contribution is -2.32. The molecule has 4 unspecified atom stereocenters. The normalized spacial score (nSPS) is 27.2. The van der Waals surface area contributed by atoms with Gasteiger partial charge in [-0.2, -0.15) is 4.98 Å². The van der Waals surface area contributed by atoms with Gasteiger partial charge >= 0.3 is 7.82 Å². The van der Waals surface area contributed by atoms with Crippen molar-refractivity contribution < 1.29 is 33.8 Å². The van der Waals surface area contributed by atoms with Crippen molar-refractivity contribution in [3.8, 4) is 0 Å². The van der Waals surface area contributed by atoms with E-state index >= 15 is 0 Å². The largest absolute Gasteiger partial charge is 0.469 e. The Hall–Kier alpha value is -1.86. The lowest BCUT2D eigenvalue weighted by Gasteiger charge is -2.16. The zero-order valence-corrected chi connectivity index (χ0v) is 13.5. The number of aliphatic hydroxyl groups excluding tert-OH is 2. The molecule has 0 aliphatic carbocycles. The number of nitrogens with one attached hydrogen (secondary N) is 1. The van der Waals surface area contributed by atoms with E-state index in [1.54, 1.807) is 0 Å². The van der Waals surface area contributed by atoms with Crippen LogP contribution >= 0.6 is 7.82 Å². The van der Waals surface area contributed by atoms with E-state index in [9.17, 15) is 19.6 Å². The number of phosphoric ester groups is 1. The van der Waals surface area contributed by atoms with Crippen LogP contribution in [-0.4, -0.2) is 64.4 Å². The zero-order chi connectivity index (χ0) is 18.4. The molecular formula is C11H16N5O8P. The molecule has 0 radical (unpaired) electrons. The quantitative estimate of drug-likeness (QED) is 0.309. The molecule has 1 saturated heterocycles. The van der Waals surface area contributed by atoms with E-state index in [0.717, 1.165) is 0 Å². The average Bonchev–Trinajstić information content (AvgIpc) is 3.02. The number of hydrogen-bond donors (Lipinski definition) is 6.